The Bertz CT molecular complexity index is 420. The molecule has 0 aromatic carbocycles. The number of methoxy groups -OCH3 is 1. The van der Waals surface area contributed by atoms with E-state index < -0.39 is 5.97 Å². The van der Waals surface area contributed by atoms with E-state index in [-0.39, 0.29) is 5.84 Å². The molecule has 0 radical (unpaired) electrons. The van der Waals surface area contributed by atoms with Gasteiger partial charge in [-0.2, -0.15) is 0 Å². The van der Waals surface area contributed by atoms with E-state index in [0.717, 1.165) is 11.1 Å². The van der Waals surface area contributed by atoms with E-state index in [9.17, 15) is 4.79 Å². The first-order valence-corrected chi connectivity index (χ1v) is 4.28. The van der Waals surface area contributed by atoms with Crippen molar-refractivity contribution in [1.82, 2.24) is 4.98 Å². The molecule has 0 unspecified atom stereocenters. The molecule has 0 spiro atoms. The van der Waals surface area contributed by atoms with E-state index in [1.165, 1.54) is 7.11 Å². The summed E-state index contributed by atoms with van der Waals surface area (Å²) in [6.07, 6.45) is 0. The second-order valence-corrected chi connectivity index (χ2v) is 3.10. The predicted molar refractivity (Wildman–Crippen MR) is 54.1 cm³/mol. The number of oxime groups is 1. The first-order chi connectivity index (χ1) is 7.02. The van der Waals surface area contributed by atoms with Gasteiger partial charge in [0.05, 0.1) is 12.8 Å². The Hall–Kier alpha value is -1.98. The van der Waals surface area contributed by atoms with E-state index in [0.29, 0.717) is 11.4 Å². The van der Waals surface area contributed by atoms with Crippen molar-refractivity contribution in [3.05, 3.63) is 22.5 Å². The third kappa shape index (κ3) is 1.78. The molecule has 1 aromatic rings. The molecule has 1 aromatic heterocycles. The fourth-order valence-electron chi connectivity index (χ4n) is 1.30. The van der Waals surface area contributed by atoms with Crippen LogP contribution in [0, 0.1) is 13.8 Å². The van der Waals surface area contributed by atoms with Crippen LogP contribution in [0.4, 0.5) is 0 Å². The van der Waals surface area contributed by atoms with Gasteiger partial charge < -0.3 is 20.7 Å². The number of hydrogen-bond acceptors (Lipinski definition) is 4. The molecule has 0 saturated carbocycles. The van der Waals surface area contributed by atoms with Gasteiger partial charge >= 0.3 is 5.97 Å². The number of aromatic nitrogens is 1. The lowest BCUT2D eigenvalue weighted by molar-refractivity contribution is 0.0594. The SMILES string of the molecule is COC(=O)c1[nH]c(/C(N)=N\O)c(C)c1C. The molecule has 1 rings (SSSR count). The van der Waals surface area contributed by atoms with Crippen molar-refractivity contribution in [2.45, 2.75) is 13.8 Å². The number of carbonyl (C=O) groups excluding carboxylic acids is 1. The number of carbonyl (C=O) groups is 1. The van der Waals surface area contributed by atoms with Crippen molar-refractivity contribution in [2.75, 3.05) is 7.11 Å². The number of esters is 1. The summed E-state index contributed by atoms with van der Waals surface area (Å²) >= 11 is 0. The molecule has 0 aliphatic carbocycles. The van der Waals surface area contributed by atoms with E-state index in [1.807, 2.05) is 0 Å². The van der Waals surface area contributed by atoms with Crippen LogP contribution in [0.5, 0.6) is 0 Å². The molecule has 0 bridgehead atoms. The van der Waals surface area contributed by atoms with Crippen molar-refractivity contribution in [1.29, 1.82) is 0 Å². The van der Waals surface area contributed by atoms with Gasteiger partial charge in [0.1, 0.15) is 5.69 Å². The number of nitrogens with one attached hydrogen (secondary N) is 1. The number of nitrogens with two attached hydrogens (primary N) is 1. The van der Waals surface area contributed by atoms with Crippen molar-refractivity contribution in [3.63, 3.8) is 0 Å². The van der Waals surface area contributed by atoms with Gasteiger partial charge in [-0.1, -0.05) is 5.16 Å². The number of aromatic amines is 1. The average molecular weight is 211 g/mol. The zero-order valence-electron chi connectivity index (χ0n) is 8.79. The van der Waals surface area contributed by atoms with Crippen molar-refractivity contribution >= 4 is 11.8 Å². The minimum Gasteiger partial charge on any atom is -0.464 e. The van der Waals surface area contributed by atoms with Gasteiger partial charge in [-0.15, -0.1) is 0 Å². The summed E-state index contributed by atoms with van der Waals surface area (Å²) in [7, 11) is 1.29. The highest BCUT2D eigenvalue weighted by molar-refractivity contribution is 6.00. The maximum absolute atomic E-state index is 11.3. The molecule has 0 amide bonds. The monoisotopic (exact) mass is 211 g/mol. The average Bonchev–Trinajstić information content (AvgIpc) is 2.54. The Morgan fingerprint density at radius 3 is 2.40 bits per heavy atom. The maximum Gasteiger partial charge on any atom is 0.354 e. The summed E-state index contributed by atoms with van der Waals surface area (Å²) in [5.74, 6) is -0.543. The van der Waals surface area contributed by atoms with Gasteiger partial charge in [0.15, 0.2) is 5.84 Å². The molecular formula is C9H13N3O3. The quantitative estimate of drug-likeness (QED) is 0.218. The molecule has 4 N–H and O–H groups in total. The molecule has 15 heavy (non-hydrogen) atoms. The van der Waals surface area contributed by atoms with Crippen LogP contribution in [0.1, 0.15) is 27.3 Å². The molecule has 0 fully saturated rings. The van der Waals surface area contributed by atoms with Gasteiger partial charge in [-0.25, -0.2) is 4.79 Å². The van der Waals surface area contributed by atoms with Gasteiger partial charge in [0.2, 0.25) is 0 Å². The zero-order valence-corrected chi connectivity index (χ0v) is 8.79. The summed E-state index contributed by atoms with van der Waals surface area (Å²) in [4.78, 5) is 14.1. The molecule has 6 nitrogen and oxygen atoms in total. The Balaban J connectivity index is 3.30. The Labute approximate surface area is 86.7 Å². The Kier molecular flexibility index (Phi) is 2.99. The number of amidine groups is 1. The highest BCUT2D eigenvalue weighted by Crippen LogP contribution is 2.17. The Morgan fingerprint density at radius 1 is 1.40 bits per heavy atom. The van der Waals surface area contributed by atoms with Crippen LogP contribution in [0.2, 0.25) is 0 Å². The number of H-pyrrole nitrogens is 1. The zero-order chi connectivity index (χ0) is 11.6. The molecule has 0 aliphatic rings. The van der Waals surface area contributed by atoms with Crippen LogP contribution in [0.25, 0.3) is 0 Å². The van der Waals surface area contributed by atoms with Crippen LogP contribution in [0.3, 0.4) is 0 Å². The van der Waals surface area contributed by atoms with Crippen molar-refractivity contribution in [2.24, 2.45) is 10.9 Å². The molecule has 82 valence electrons. The lowest BCUT2D eigenvalue weighted by Crippen LogP contribution is -2.15. The number of ether oxygens (including phenoxy) is 1. The minimum atomic E-state index is -0.479. The number of nitrogens with zero attached hydrogens (tertiary/aromatic N) is 1. The second kappa shape index (κ2) is 4.04. The van der Waals surface area contributed by atoms with Gasteiger partial charge in [0, 0.05) is 0 Å². The van der Waals surface area contributed by atoms with Crippen LogP contribution in [-0.2, 0) is 4.74 Å². The van der Waals surface area contributed by atoms with E-state index in [1.54, 1.807) is 13.8 Å². The molecule has 0 saturated heterocycles. The summed E-state index contributed by atoms with van der Waals surface area (Å²) in [5.41, 5.74) is 7.66. The Morgan fingerprint density at radius 2 is 1.93 bits per heavy atom. The predicted octanol–water partition coefficient (Wildman–Crippen LogP) is 0.513. The van der Waals surface area contributed by atoms with Crippen LogP contribution in [-0.4, -0.2) is 29.1 Å². The fraction of sp³-hybridized carbons (Fsp3) is 0.333. The normalized spacial score (nSPS) is 11.5. The van der Waals surface area contributed by atoms with E-state index in [2.05, 4.69) is 14.9 Å². The summed E-state index contributed by atoms with van der Waals surface area (Å²) < 4.78 is 4.59. The molecule has 1 heterocycles. The third-order valence-corrected chi connectivity index (χ3v) is 2.32. The summed E-state index contributed by atoms with van der Waals surface area (Å²) in [5, 5.41) is 11.4. The van der Waals surface area contributed by atoms with Crippen LogP contribution in [0.15, 0.2) is 5.16 Å². The highest BCUT2D eigenvalue weighted by Gasteiger charge is 2.18. The van der Waals surface area contributed by atoms with Crippen LogP contribution < -0.4 is 5.73 Å². The number of hydrogen-bond donors (Lipinski definition) is 3. The van der Waals surface area contributed by atoms with Crippen molar-refractivity contribution < 1.29 is 14.7 Å². The summed E-state index contributed by atoms with van der Waals surface area (Å²) in [6, 6.07) is 0. The third-order valence-electron chi connectivity index (χ3n) is 2.32. The molecule has 6 heteroatoms. The lowest BCUT2D eigenvalue weighted by atomic mass is 10.1. The fourth-order valence-corrected chi connectivity index (χ4v) is 1.30. The molecule has 0 atom stereocenters. The van der Waals surface area contributed by atoms with Crippen molar-refractivity contribution in [3.8, 4) is 0 Å². The lowest BCUT2D eigenvalue weighted by Gasteiger charge is -1.96. The first-order valence-electron chi connectivity index (χ1n) is 4.28. The minimum absolute atomic E-state index is 0.0641. The molecular weight excluding hydrogens is 198 g/mol. The smallest absolute Gasteiger partial charge is 0.354 e. The largest absolute Gasteiger partial charge is 0.464 e. The topological polar surface area (TPSA) is 101 Å². The van der Waals surface area contributed by atoms with Crippen LogP contribution >= 0.6 is 0 Å². The molecule has 0 aliphatic heterocycles. The summed E-state index contributed by atoms with van der Waals surface area (Å²) in [6.45, 7) is 3.53. The standard InChI is InChI=1S/C9H13N3O3/c1-4-5(2)7(9(13)15-3)11-6(4)8(10)12-14/h11,14H,1-3H3,(H2,10,12). The van der Waals surface area contributed by atoms with Gasteiger partial charge in [-0.05, 0) is 25.0 Å². The van der Waals surface area contributed by atoms with E-state index in [4.69, 9.17) is 10.9 Å². The first kappa shape index (κ1) is 11.1. The van der Waals surface area contributed by atoms with Gasteiger partial charge in [0.25, 0.3) is 0 Å². The number of rotatable bonds is 2. The second-order valence-electron chi connectivity index (χ2n) is 3.10. The van der Waals surface area contributed by atoms with E-state index >= 15 is 0 Å². The highest BCUT2D eigenvalue weighted by atomic mass is 16.5. The van der Waals surface area contributed by atoms with Gasteiger partial charge in [-0.3, -0.25) is 0 Å². The maximum atomic E-state index is 11.3.